The largest absolute Gasteiger partial charge is 0.496 e. The third-order valence-corrected chi connectivity index (χ3v) is 4.70. The lowest BCUT2D eigenvalue weighted by molar-refractivity contribution is 0.0205. The van der Waals surface area contributed by atoms with Gasteiger partial charge in [0.2, 0.25) is 0 Å². The fourth-order valence-corrected chi connectivity index (χ4v) is 3.15. The van der Waals surface area contributed by atoms with E-state index in [1.807, 2.05) is 18.2 Å². The summed E-state index contributed by atoms with van der Waals surface area (Å²) in [4.78, 5) is 6.87. The molecule has 2 rings (SSSR count). The molecular formula is C21H35N3O3. The fourth-order valence-electron chi connectivity index (χ4n) is 3.15. The van der Waals surface area contributed by atoms with Crippen LogP contribution < -0.4 is 10.1 Å². The van der Waals surface area contributed by atoms with E-state index in [-0.39, 0.29) is 0 Å². The molecule has 0 spiro atoms. The Morgan fingerprint density at radius 3 is 2.81 bits per heavy atom. The molecule has 0 saturated carbocycles. The van der Waals surface area contributed by atoms with E-state index in [0.717, 1.165) is 82.6 Å². The number of rotatable bonds is 10. The van der Waals surface area contributed by atoms with Gasteiger partial charge in [0, 0.05) is 58.7 Å². The maximum atomic E-state index is 5.83. The van der Waals surface area contributed by atoms with Gasteiger partial charge in [-0.05, 0) is 38.2 Å². The first-order valence-corrected chi connectivity index (χ1v) is 10.0. The third kappa shape index (κ3) is 7.77. The van der Waals surface area contributed by atoms with Crippen LogP contribution in [0.4, 0.5) is 0 Å². The molecule has 1 fully saturated rings. The highest BCUT2D eigenvalue weighted by Gasteiger charge is 2.13. The van der Waals surface area contributed by atoms with Crippen LogP contribution >= 0.6 is 0 Å². The molecule has 1 aliphatic heterocycles. The molecule has 0 atom stereocenters. The van der Waals surface area contributed by atoms with Gasteiger partial charge in [-0.15, -0.1) is 0 Å². The predicted molar refractivity (Wildman–Crippen MR) is 109 cm³/mol. The van der Waals surface area contributed by atoms with Crippen molar-refractivity contribution in [3.05, 3.63) is 29.8 Å². The summed E-state index contributed by atoms with van der Waals surface area (Å²) in [6.45, 7) is 7.80. The summed E-state index contributed by atoms with van der Waals surface area (Å²) in [5.74, 6) is 2.47. The second-order valence-electron chi connectivity index (χ2n) is 6.89. The van der Waals surface area contributed by atoms with Crippen LogP contribution in [0.3, 0.4) is 0 Å². The van der Waals surface area contributed by atoms with E-state index in [9.17, 15) is 0 Å². The smallest absolute Gasteiger partial charge is 0.193 e. The number of hydrogen-bond donors (Lipinski definition) is 1. The molecule has 1 N–H and O–H groups in total. The third-order valence-electron chi connectivity index (χ3n) is 4.70. The molecular weight excluding hydrogens is 342 g/mol. The maximum absolute atomic E-state index is 5.83. The molecule has 0 amide bonds. The molecule has 6 heteroatoms. The zero-order valence-electron chi connectivity index (χ0n) is 17.1. The van der Waals surface area contributed by atoms with Crippen molar-refractivity contribution in [2.45, 2.75) is 32.7 Å². The van der Waals surface area contributed by atoms with Gasteiger partial charge in [-0.2, -0.15) is 0 Å². The average molecular weight is 378 g/mol. The molecule has 1 aliphatic rings. The van der Waals surface area contributed by atoms with Gasteiger partial charge in [0.05, 0.1) is 7.11 Å². The van der Waals surface area contributed by atoms with Crippen LogP contribution in [0.1, 0.15) is 31.7 Å². The van der Waals surface area contributed by atoms with Gasteiger partial charge in [0.25, 0.3) is 0 Å². The van der Waals surface area contributed by atoms with E-state index >= 15 is 0 Å². The van der Waals surface area contributed by atoms with Gasteiger partial charge < -0.3 is 24.4 Å². The van der Waals surface area contributed by atoms with Crippen molar-refractivity contribution >= 4 is 5.96 Å². The van der Waals surface area contributed by atoms with Gasteiger partial charge in [0.1, 0.15) is 5.75 Å². The van der Waals surface area contributed by atoms with Crippen molar-refractivity contribution in [2.75, 3.05) is 53.7 Å². The van der Waals surface area contributed by atoms with Gasteiger partial charge in [-0.3, -0.25) is 4.99 Å². The Balaban J connectivity index is 1.75. The number of para-hydroxylation sites is 1. The molecule has 0 radical (unpaired) electrons. The van der Waals surface area contributed by atoms with Crippen LogP contribution in [0.2, 0.25) is 0 Å². The Hall–Kier alpha value is -1.79. The Labute approximate surface area is 163 Å². The maximum Gasteiger partial charge on any atom is 0.193 e. The van der Waals surface area contributed by atoms with Crippen LogP contribution in [0.5, 0.6) is 5.75 Å². The fraction of sp³-hybridized carbons (Fsp3) is 0.667. The molecule has 1 aromatic rings. The average Bonchev–Trinajstić information content (AvgIpc) is 2.70. The summed E-state index contributed by atoms with van der Waals surface area (Å²) in [5.41, 5.74) is 1.15. The van der Waals surface area contributed by atoms with Crippen LogP contribution in [0.15, 0.2) is 29.3 Å². The highest BCUT2D eigenvalue weighted by atomic mass is 16.5. The monoisotopic (exact) mass is 377 g/mol. The SMILES string of the molecule is CCNC(=NCCCOCC1CCOCC1)N(C)Cc1ccccc1OC. The normalized spacial score (nSPS) is 15.6. The van der Waals surface area contributed by atoms with Crippen LogP contribution in [-0.2, 0) is 16.0 Å². The number of ether oxygens (including phenoxy) is 3. The molecule has 0 aliphatic carbocycles. The minimum Gasteiger partial charge on any atom is -0.496 e. The first kappa shape index (κ1) is 21.5. The van der Waals surface area contributed by atoms with E-state index in [2.05, 4.69) is 30.3 Å². The molecule has 0 bridgehead atoms. The molecule has 27 heavy (non-hydrogen) atoms. The predicted octanol–water partition coefficient (Wildman–Crippen LogP) is 2.93. The highest BCUT2D eigenvalue weighted by Crippen LogP contribution is 2.18. The summed E-state index contributed by atoms with van der Waals surface area (Å²) in [6, 6.07) is 8.10. The molecule has 1 aromatic carbocycles. The number of methoxy groups -OCH3 is 1. The molecule has 1 heterocycles. The number of guanidine groups is 1. The zero-order chi connectivity index (χ0) is 19.3. The summed E-state index contributed by atoms with van der Waals surface area (Å²) in [7, 11) is 3.76. The number of aliphatic imine (C=N–C) groups is 1. The lowest BCUT2D eigenvalue weighted by Crippen LogP contribution is -2.38. The minimum absolute atomic E-state index is 0.659. The standard InChI is InChI=1S/C21H35N3O3/c1-4-22-21(24(2)16-19-8-5-6-9-20(19)25-3)23-12-7-13-27-17-18-10-14-26-15-11-18/h5-6,8-9,18H,4,7,10-17H2,1-3H3,(H,22,23). The van der Waals surface area contributed by atoms with E-state index in [0.29, 0.717) is 5.92 Å². The van der Waals surface area contributed by atoms with Crippen molar-refractivity contribution in [2.24, 2.45) is 10.9 Å². The van der Waals surface area contributed by atoms with Gasteiger partial charge in [-0.1, -0.05) is 18.2 Å². The van der Waals surface area contributed by atoms with Crippen molar-refractivity contribution in [1.82, 2.24) is 10.2 Å². The van der Waals surface area contributed by atoms with Gasteiger partial charge >= 0.3 is 0 Å². The number of nitrogens with zero attached hydrogens (tertiary/aromatic N) is 2. The number of hydrogen-bond acceptors (Lipinski definition) is 4. The highest BCUT2D eigenvalue weighted by molar-refractivity contribution is 5.79. The summed E-state index contributed by atoms with van der Waals surface area (Å²) in [5, 5.41) is 3.36. The number of benzene rings is 1. The van der Waals surface area contributed by atoms with Crippen molar-refractivity contribution in [1.29, 1.82) is 0 Å². The van der Waals surface area contributed by atoms with E-state index in [1.165, 1.54) is 0 Å². The molecule has 1 saturated heterocycles. The quantitative estimate of drug-likeness (QED) is 0.386. The summed E-state index contributed by atoms with van der Waals surface area (Å²) < 4.78 is 16.7. The zero-order valence-corrected chi connectivity index (χ0v) is 17.1. The first-order valence-electron chi connectivity index (χ1n) is 10.0. The Kier molecular flexibility index (Phi) is 10.0. The summed E-state index contributed by atoms with van der Waals surface area (Å²) >= 11 is 0. The van der Waals surface area contributed by atoms with Crippen molar-refractivity contribution in [3.63, 3.8) is 0 Å². The van der Waals surface area contributed by atoms with Crippen molar-refractivity contribution < 1.29 is 14.2 Å². The molecule has 0 aromatic heterocycles. The topological polar surface area (TPSA) is 55.3 Å². The lowest BCUT2D eigenvalue weighted by Gasteiger charge is -2.23. The Bertz CT molecular complexity index is 559. The lowest BCUT2D eigenvalue weighted by atomic mass is 10.0. The second kappa shape index (κ2) is 12.6. The first-order chi connectivity index (χ1) is 13.2. The van der Waals surface area contributed by atoms with Gasteiger partial charge in [0.15, 0.2) is 5.96 Å². The van der Waals surface area contributed by atoms with E-state index < -0.39 is 0 Å². The molecule has 0 unspecified atom stereocenters. The molecule has 152 valence electrons. The Morgan fingerprint density at radius 2 is 2.07 bits per heavy atom. The van der Waals surface area contributed by atoms with E-state index in [4.69, 9.17) is 19.2 Å². The van der Waals surface area contributed by atoms with Crippen LogP contribution in [0.25, 0.3) is 0 Å². The second-order valence-corrected chi connectivity index (χ2v) is 6.89. The van der Waals surface area contributed by atoms with Crippen LogP contribution in [-0.4, -0.2) is 64.5 Å². The molecule has 6 nitrogen and oxygen atoms in total. The Morgan fingerprint density at radius 1 is 1.30 bits per heavy atom. The van der Waals surface area contributed by atoms with E-state index in [1.54, 1.807) is 7.11 Å². The van der Waals surface area contributed by atoms with Gasteiger partial charge in [-0.25, -0.2) is 0 Å². The number of nitrogens with one attached hydrogen (secondary N) is 1. The minimum atomic E-state index is 0.659. The van der Waals surface area contributed by atoms with Crippen LogP contribution in [0, 0.1) is 5.92 Å². The summed E-state index contributed by atoms with van der Waals surface area (Å²) in [6.07, 6.45) is 3.17. The van der Waals surface area contributed by atoms with Crippen molar-refractivity contribution in [3.8, 4) is 5.75 Å².